The van der Waals surface area contributed by atoms with E-state index in [4.69, 9.17) is 28.3 Å². The van der Waals surface area contributed by atoms with Gasteiger partial charge in [-0.3, -0.25) is 0 Å². The molecule has 0 saturated carbocycles. The first-order valence-corrected chi connectivity index (χ1v) is 5.72. The Morgan fingerprint density at radius 3 is 2.69 bits per heavy atom. The van der Waals surface area contributed by atoms with Gasteiger partial charge in [0.25, 0.3) is 0 Å². The predicted molar refractivity (Wildman–Crippen MR) is 63.1 cm³/mol. The Morgan fingerprint density at radius 1 is 1.44 bits per heavy atom. The van der Waals surface area contributed by atoms with Gasteiger partial charge in [0.15, 0.2) is 6.10 Å². The highest BCUT2D eigenvalue weighted by Gasteiger charge is 2.19. The summed E-state index contributed by atoms with van der Waals surface area (Å²) >= 11 is 11.4. The van der Waals surface area contributed by atoms with Crippen molar-refractivity contribution in [2.24, 2.45) is 0 Å². The Balaban J connectivity index is 3.01. The number of aliphatic hydroxyl groups is 1. The number of alkyl halides is 1. The lowest BCUT2D eigenvalue weighted by Crippen LogP contribution is -2.12. The van der Waals surface area contributed by atoms with Gasteiger partial charge in [-0.25, -0.2) is 4.79 Å². The number of hydrogen-bond donors (Lipinski definition) is 2. The lowest BCUT2D eigenvalue weighted by atomic mass is 9.99. The van der Waals surface area contributed by atoms with Crippen LogP contribution in [0.3, 0.4) is 0 Å². The molecule has 1 aromatic rings. The maximum atomic E-state index is 10.7. The second-order valence-corrected chi connectivity index (χ2v) is 4.19. The van der Waals surface area contributed by atoms with Gasteiger partial charge in [-0.2, -0.15) is 0 Å². The van der Waals surface area contributed by atoms with Crippen LogP contribution in [-0.4, -0.2) is 22.1 Å². The van der Waals surface area contributed by atoms with Crippen molar-refractivity contribution in [1.29, 1.82) is 0 Å². The highest BCUT2D eigenvalue weighted by molar-refractivity contribution is 6.30. The van der Waals surface area contributed by atoms with E-state index in [1.54, 1.807) is 12.1 Å². The summed E-state index contributed by atoms with van der Waals surface area (Å²) < 4.78 is 0. The van der Waals surface area contributed by atoms with E-state index in [-0.39, 0.29) is 0 Å². The third-order valence-electron chi connectivity index (χ3n) is 2.21. The monoisotopic (exact) mass is 262 g/mol. The first kappa shape index (κ1) is 13.3. The largest absolute Gasteiger partial charge is 0.479 e. The number of carboxylic acid groups (broad SMARTS) is 1. The van der Waals surface area contributed by atoms with Crippen LogP contribution in [0.4, 0.5) is 0 Å². The molecule has 0 heterocycles. The maximum Gasteiger partial charge on any atom is 0.337 e. The van der Waals surface area contributed by atoms with E-state index >= 15 is 0 Å². The van der Waals surface area contributed by atoms with Gasteiger partial charge in [0.05, 0.1) is 0 Å². The normalized spacial score (nSPS) is 12.4. The van der Waals surface area contributed by atoms with Crippen molar-refractivity contribution in [3.05, 3.63) is 34.3 Å². The van der Waals surface area contributed by atoms with Crippen molar-refractivity contribution in [2.45, 2.75) is 18.9 Å². The summed E-state index contributed by atoms with van der Waals surface area (Å²) in [6.07, 6.45) is -0.201. The van der Waals surface area contributed by atoms with E-state index in [0.29, 0.717) is 29.3 Å². The van der Waals surface area contributed by atoms with E-state index < -0.39 is 12.1 Å². The number of rotatable bonds is 5. The number of aryl methyl sites for hydroxylation is 1. The fraction of sp³-hybridized carbons (Fsp3) is 0.364. The number of aliphatic carboxylic acids is 1. The summed E-state index contributed by atoms with van der Waals surface area (Å²) in [7, 11) is 0. The lowest BCUT2D eigenvalue weighted by Gasteiger charge is -2.12. The number of halogens is 2. The highest BCUT2D eigenvalue weighted by Crippen LogP contribution is 2.23. The Labute approximate surface area is 104 Å². The van der Waals surface area contributed by atoms with Crippen molar-refractivity contribution in [3.63, 3.8) is 0 Å². The van der Waals surface area contributed by atoms with Gasteiger partial charge in [0, 0.05) is 10.9 Å². The number of aliphatic hydroxyl groups excluding tert-OH is 1. The molecule has 0 amide bonds. The van der Waals surface area contributed by atoms with E-state index in [9.17, 15) is 9.90 Å². The quantitative estimate of drug-likeness (QED) is 0.803. The summed E-state index contributed by atoms with van der Waals surface area (Å²) in [5.41, 5.74) is 1.10. The number of carbonyl (C=O) groups is 1. The molecule has 2 N–H and O–H groups in total. The summed E-state index contributed by atoms with van der Waals surface area (Å²) in [4.78, 5) is 10.7. The van der Waals surface area contributed by atoms with Crippen molar-refractivity contribution in [2.75, 3.05) is 5.88 Å². The molecule has 16 heavy (non-hydrogen) atoms. The minimum atomic E-state index is -1.51. The zero-order chi connectivity index (χ0) is 12.1. The average Bonchev–Trinajstić information content (AvgIpc) is 2.25. The molecule has 0 spiro atoms. The molecule has 0 radical (unpaired) electrons. The van der Waals surface area contributed by atoms with Gasteiger partial charge in [-0.15, -0.1) is 11.6 Å². The van der Waals surface area contributed by atoms with Crippen LogP contribution in [0.5, 0.6) is 0 Å². The Hall–Kier alpha value is -0.770. The van der Waals surface area contributed by atoms with Gasteiger partial charge in [0.2, 0.25) is 0 Å². The number of carboxylic acids is 1. The molecular weight excluding hydrogens is 251 g/mol. The van der Waals surface area contributed by atoms with Crippen molar-refractivity contribution in [1.82, 2.24) is 0 Å². The predicted octanol–water partition coefficient (Wildman–Crippen LogP) is 2.63. The van der Waals surface area contributed by atoms with Crippen LogP contribution in [-0.2, 0) is 11.2 Å². The molecule has 0 bridgehead atoms. The number of hydrogen-bond acceptors (Lipinski definition) is 2. The molecule has 1 unspecified atom stereocenters. The molecule has 0 aliphatic carbocycles. The molecular formula is C11H12Cl2O3. The first-order valence-electron chi connectivity index (χ1n) is 4.81. The van der Waals surface area contributed by atoms with Crippen molar-refractivity contribution < 1.29 is 15.0 Å². The third-order valence-corrected chi connectivity index (χ3v) is 2.72. The molecule has 5 heteroatoms. The van der Waals surface area contributed by atoms with E-state index in [1.165, 1.54) is 6.07 Å². The van der Waals surface area contributed by atoms with Gasteiger partial charge >= 0.3 is 5.97 Å². The Bertz CT molecular complexity index is 379. The molecule has 1 rings (SSSR count). The summed E-state index contributed by atoms with van der Waals surface area (Å²) in [6.45, 7) is 0. The average molecular weight is 263 g/mol. The zero-order valence-corrected chi connectivity index (χ0v) is 10.0. The second kappa shape index (κ2) is 6.09. The molecule has 0 aliphatic rings. The van der Waals surface area contributed by atoms with Gasteiger partial charge in [-0.05, 0) is 36.1 Å². The molecule has 88 valence electrons. The number of benzene rings is 1. The van der Waals surface area contributed by atoms with E-state index in [2.05, 4.69) is 0 Å². The van der Waals surface area contributed by atoms with Gasteiger partial charge in [0.1, 0.15) is 0 Å². The molecule has 0 fully saturated rings. The zero-order valence-electron chi connectivity index (χ0n) is 8.49. The standard InChI is InChI=1S/C11H12Cl2O3/c12-5-1-2-7-6-8(13)3-4-9(7)10(14)11(15)16/h3-4,6,10,14H,1-2,5H2,(H,15,16). The molecule has 1 atom stereocenters. The Morgan fingerprint density at radius 2 is 2.12 bits per heavy atom. The van der Waals surface area contributed by atoms with Gasteiger partial charge < -0.3 is 10.2 Å². The van der Waals surface area contributed by atoms with Crippen LogP contribution in [0.25, 0.3) is 0 Å². The fourth-order valence-corrected chi connectivity index (χ4v) is 1.78. The third kappa shape index (κ3) is 3.37. The summed E-state index contributed by atoms with van der Waals surface area (Å²) in [5.74, 6) is -0.788. The molecule has 0 saturated heterocycles. The summed E-state index contributed by atoms with van der Waals surface area (Å²) in [6, 6.07) is 4.76. The van der Waals surface area contributed by atoms with E-state index in [1.807, 2.05) is 0 Å². The maximum absolute atomic E-state index is 10.7. The van der Waals surface area contributed by atoms with Crippen molar-refractivity contribution >= 4 is 29.2 Å². The lowest BCUT2D eigenvalue weighted by molar-refractivity contribution is -0.147. The molecule has 1 aromatic carbocycles. The molecule has 0 aliphatic heterocycles. The van der Waals surface area contributed by atoms with Crippen LogP contribution in [0.15, 0.2) is 18.2 Å². The van der Waals surface area contributed by atoms with E-state index in [0.717, 1.165) is 5.56 Å². The Kier molecular flexibility index (Phi) is 5.06. The smallest absolute Gasteiger partial charge is 0.337 e. The second-order valence-electron chi connectivity index (χ2n) is 3.38. The first-order chi connectivity index (χ1) is 7.56. The van der Waals surface area contributed by atoms with Crippen LogP contribution in [0.2, 0.25) is 5.02 Å². The summed E-state index contributed by atoms with van der Waals surface area (Å²) in [5, 5.41) is 18.8. The van der Waals surface area contributed by atoms with Crippen LogP contribution >= 0.6 is 23.2 Å². The molecule has 0 aromatic heterocycles. The highest BCUT2D eigenvalue weighted by atomic mass is 35.5. The van der Waals surface area contributed by atoms with Gasteiger partial charge in [-0.1, -0.05) is 17.7 Å². The minimum absolute atomic E-state index is 0.377. The van der Waals surface area contributed by atoms with Crippen LogP contribution < -0.4 is 0 Å². The minimum Gasteiger partial charge on any atom is -0.479 e. The fourth-order valence-electron chi connectivity index (χ4n) is 1.45. The van der Waals surface area contributed by atoms with Crippen LogP contribution in [0, 0.1) is 0 Å². The topological polar surface area (TPSA) is 57.5 Å². The SMILES string of the molecule is O=C(O)C(O)c1ccc(Cl)cc1CCCCl. The molecule has 3 nitrogen and oxygen atoms in total. The van der Waals surface area contributed by atoms with Crippen LogP contribution in [0.1, 0.15) is 23.7 Å². The van der Waals surface area contributed by atoms with Crippen molar-refractivity contribution in [3.8, 4) is 0 Å².